The molecule has 6 nitrogen and oxygen atoms in total. The summed E-state index contributed by atoms with van der Waals surface area (Å²) in [5.41, 5.74) is 1.07. The number of aromatic nitrogens is 2. The second-order valence-electron chi connectivity index (χ2n) is 4.89. The molecule has 3 rings (SSSR count). The Morgan fingerprint density at radius 3 is 2.68 bits per heavy atom. The number of carbonyl (C=O) groups is 1. The molecular formula is C15H15BrN4O2. The van der Waals surface area contributed by atoms with Gasteiger partial charge in [-0.1, -0.05) is 12.1 Å². The fourth-order valence-corrected chi connectivity index (χ4v) is 2.67. The summed E-state index contributed by atoms with van der Waals surface area (Å²) in [5.74, 6) is 1.42. The Morgan fingerprint density at radius 2 is 2.00 bits per heavy atom. The summed E-state index contributed by atoms with van der Waals surface area (Å²) in [4.78, 5) is 24.2. The van der Waals surface area contributed by atoms with Gasteiger partial charge in [-0.25, -0.2) is 14.8 Å². The molecule has 2 aromatic rings. The van der Waals surface area contributed by atoms with Crippen molar-refractivity contribution >= 4 is 27.8 Å². The third-order valence-electron chi connectivity index (χ3n) is 3.52. The summed E-state index contributed by atoms with van der Waals surface area (Å²) < 4.78 is 5.62. The Kier molecular flexibility index (Phi) is 4.24. The molecule has 0 saturated carbocycles. The van der Waals surface area contributed by atoms with Gasteiger partial charge >= 0.3 is 6.03 Å². The highest BCUT2D eigenvalue weighted by atomic mass is 79.9. The molecule has 1 aromatic heterocycles. The lowest BCUT2D eigenvalue weighted by Crippen LogP contribution is -2.32. The average Bonchev–Trinajstić information content (AvgIpc) is 2.89. The van der Waals surface area contributed by atoms with Crippen molar-refractivity contribution in [1.29, 1.82) is 0 Å². The van der Waals surface area contributed by atoms with E-state index in [-0.39, 0.29) is 6.03 Å². The van der Waals surface area contributed by atoms with Gasteiger partial charge in [0.25, 0.3) is 0 Å². The molecule has 1 aliphatic heterocycles. The Bertz CT molecular complexity index is 677. The second-order valence-corrected chi connectivity index (χ2v) is 5.60. The monoisotopic (exact) mass is 362 g/mol. The highest BCUT2D eigenvalue weighted by Gasteiger charge is 2.30. The minimum absolute atomic E-state index is 0.0404. The first-order valence-corrected chi connectivity index (χ1v) is 7.64. The predicted octanol–water partition coefficient (Wildman–Crippen LogP) is 2.69. The molecule has 0 aliphatic carbocycles. The number of carbonyl (C=O) groups excluding carboxylic acids is 1. The van der Waals surface area contributed by atoms with E-state index in [0.717, 1.165) is 11.3 Å². The molecule has 0 bridgehead atoms. The van der Waals surface area contributed by atoms with Crippen molar-refractivity contribution in [3.8, 4) is 5.75 Å². The molecule has 1 aromatic carbocycles. The normalized spacial score (nSPS) is 14.5. The maximum absolute atomic E-state index is 12.5. The molecule has 0 spiro atoms. The van der Waals surface area contributed by atoms with Crippen LogP contribution in [0, 0.1) is 0 Å². The molecule has 1 fully saturated rings. The van der Waals surface area contributed by atoms with Gasteiger partial charge in [0.05, 0.1) is 7.11 Å². The van der Waals surface area contributed by atoms with Crippen LogP contribution in [0.1, 0.15) is 5.56 Å². The first-order chi connectivity index (χ1) is 10.7. The summed E-state index contributed by atoms with van der Waals surface area (Å²) >= 11 is 3.23. The highest BCUT2D eigenvalue weighted by Crippen LogP contribution is 2.21. The highest BCUT2D eigenvalue weighted by molar-refractivity contribution is 9.10. The van der Waals surface area contributed by atoms with Crippen LogP contribution in [0.4, 0.5) is 10.6 Å². The van der Waals surface area contributed by atoms with Crippen LogP contribution < -0.4 is 9.64 Å². The third-order valence-corrected chi connectivity index (χ3v) is 3.90. The number of benzene rings is 1. The van der Waals surface area contributed by atoms with Gasteiger partial charge in [0.15, 0.2) is 4.73 Å². The van der Waals surface area contributed by atoms with Crippen molar-refractivity contribution < 1.29 is 9.53 Å². The summed E-state index contributed by atoms with van der Waals surface area (Å²) in [6.07, 6.45) is 1.63. The van der Waals surface area contributed by atoms with Crippen LogP contribution >= 0.6 is 15.9 Å². The van der Waals surface area contributed by atoms with Crippen LogP contribution in [0.3, 0.4) is 0 Å². The summed E-state index contributed by atoms with van der Waals surface area (Å²) in [6, 6.07) is 9.43. The Morgan fingerprint density at radius 1 is 1.23 bits per heavy atom. The van der Waals surface area contributed by atoms with Crippen LogP contribution in [0.2, 0.25) is 0 Å². The quantitative estimate of drug-likeness (QED) is 0.784. The number of hydrogen-bond donors (Lipinski definition) is 0. The maximum Gasteiger partial charge on any atom is 0.326 e. The van der Waals surface area contributed by atoms with Crippen LogP contribution in [0.15, 0.2) is 41.3 Å². The van der Waals surface area contributed by atoms with Gasteiger partial charge in [-0.15, -0.1) is 0 Å². The van der Waals surface area contributed by atoms with E-state index in [9.17, 15) is 4.79 Å². The lowest BCUT2D eigenvalue weighted by Gasteiger charge is -2.18. The number of amides is 2. The molecule has 2 amide bonds. The van der Waals surface area contributed by atoms with Crippen LogP contribution in [-0.2, 0) is 6.54 Å². The SMILES string of the molecule is COc1ccc(CN2CCN(c3ccnc(Br)n3)C2=O)cc1. The zero-order valence-corrected chi connectivity index (χ0v) is 13.7. The van der Waals surface area contributed by atoms with Gasteiger partial charge in [-0.2, -0.15) is 0 Å². The van der Waals surface area contributed by atoms with Crippen LogP contribution in [-0.4, -0.2) is 41.1 Å². The zero-order valence-electron chi connectivity index (χ0n) is 12.1. The van der Waals surface area contributed by atoms with E-state index in [1.165, 1.54) is 0 Å². The maximum atomic E-state index is 12.5. The predicted molar refractivity (Wildman–Crippen MR) is 85.9 cm³/mol. The lowest BCUT2D eigenvalue weighted by atomic mass is 10.2. The zero-order chi connectivity index (χ0) is 15.5. The molecular weight excluding hydrogens is 348 g/mol. The minimum Gasteiger partial charge on any atom is -0.497 e. The molecule has 1 aliphatic rings. The van der Waals surface area contributed by atoms with E-state index in [4.69, 9.17) is 4.74 Å². The molecule has 0 radical (unpaired) electrons. The molecule has 7 heteroatoms. The van der Waals surface area contributed by atoms with Crippen molar-refractivity contribution in [3.05, 3.63) is 46.8 Å². The van der Waals surface area contributed by atoms with Crippen molar-refractivity contribution in [1.82, 2.24) is 14.9 Å². The van der Waals surface area contributed by atoms with E-state index in [2.05, 4.69) is 25.9 Å². The van der Waals surface area contributed by atoms with Gasteiger partial charge in [0.1, 0.15) is 11.6 Å². The number of hydrogen-bond acceptors (Lipinski definition) is 4. The number of anilines is 1. The number of ether oxygens (including phenoxy) is 1. The van der Waals surface area contributed by atoms with Crippen molar-refractivity contribution in [3.63, 3.8) is 0 Å². The molecule has 0 unspecified atom stereocenters. The molecule has 22 heavy (non-hydrogen) atoms. The van der Waals surface area contributed by atoms with E-state index in [0.29, 0.717) is 30.2 Å². The summed E-state index contributed by atoms with van der Waals surface area (Å²) in [5, 5.41) is 0. The first kappa shape index (κ1) is 14.8. The Hall–Kier alpha value is -2.15. The number of methoxy groups -OCH3 is 1. The summed E-state index contributed by atoms with van der Waals surface area (Å²) in [6.45, 7) is 1.87. The Balaban J connectivity index is 1.70. The average molecular weight is 363 g/mol. The van der Waals surface area contributed by atoms with Gasteiger partial charge < -0.3 is 9.64 Å². The van der Waals surface area contributed by atoms with Crippen molar-refractivity contribution in [2.75, 3.05) is 25.1 Å². The van der Waals surface area contributed by atoms with Crippen LogP contribution in [0.25, 0.3) is 0 Å². The molecule has 1 saturated heterocycles. The van der Waals surface area contributed by atoms with Gasteiger partial charge in [0, 0.05) is 25.8 Å². The minimum atomic E-state index is -0.0404. The van der Waals surface area contributed by atoms with Gasteiger partial charge in [-0.05, 0) is 39.7 Å². The first-order valence-electron chi connectivity index (χ1n) is 6.85. The van der Waals surface area contributed by atoms with Crippen molar-refractivity contribution in [2.45, 2.75) is 6.54 Å². The fourth-order valence-electron chi connectivity index (χ4n) is 2.37. The van der Waals surface area contributed by atoms with Gasteiger partial charge in [0.2, 0.25) is 0 Å². The van der Waals surface area contributed by atoms with E-state index >= 15 is 0 Å². The van der Waals surface area contributed by atoms with E-state index < -0.39 is 0 Å². The molecule has 114 valence electrons. The fraction of sp³-hybridized carbons (Fsp3) is 0.267. The van der Waals surface area contributed by atoms with Crippen LogP contribution in [0.5, 0.6) is 5.75 Å². The lowest BCUT2D eigenvalue weighted by molar-refractivity contribution is 0.218. The number of halogens is 1. The standard InChI is InChI=1S/C15H15BrN4O2/c1-22-12-4-2-11(3-5-12)10-19-8-9-20(15(19)21)13-6-7-17-14(16)18-13/h2-7H,8-10H2,1H3. The topological polar surface area (TPSA) is 58.6 Å². The summed E-state index contributed by atoms with van der Waals surface area (Å²) in [7, 11) is 1.64. The second kappa shape index (κ2) is 6.31. The smallest absolute Gasteiger partial charge is 0.326 e. The van der Waals surface area contributed by atoms with Gasteiger partial charge in [-0.3, -0.25) is 4.90 Å². The molecule has 0 atom stereocenters. The number of urea groups is 1. The van der Waals surface area contributed by atoms with E-state index in [1.807, 2.05) is 24.3 Å². The molecule has 2 heterocycles. The van der Waals surface area contributed by atoms with Crippen molar-refractivity contribution in [2.24, 2.45) is 0 Å². The Labute approximate surface area is 136 Å². The number of rotatable bonds is 4. The largest absolute Gasteiger partial charge is 0.497 e. The van der Waals surface area contributed by atoms with E-state index in [1.54, 1.807) is 29.2 Å². The number of nitrogens with zero attached hydrogens (tertiary/aromatic N) is 4. The molecule has 0 N–H and O–H groups in total. The third kappa shape index (κ3) is 3.04.